The lowest BCUT2D eigenvalue weighted by molar-refractivity contribution is -0.143. The molecule has 1 fully saturated rings. The molecule has 174 valence electrons. The third-order valence-electron chi connectivity index (χ3n) is 4.49. The van der Waals surface area contributed by atoms with Crippen molar-refractivity contribution in [1.29, 1.82) is 0 Å². The van der Waals surface area contributed by atoms with Crippen molar-refractivity contribution in [2.45, 2.75) is 56.3 Å². The summed E-state index contributed by atoms with van der Waals surface area (Å²) in [5.41, 5.74) is 5.11. The molecule has 1 rings (SSSR count). The topological polar surface area (TPSA) is 237 Å². The average Bonchev–Trinajstić information content (AvgIpc) is 3.22. The van der Waals surface area contributed by atoms with Crippen LogP contribution in [0.4, 0.5) is 0 Å². The number of nitrogens with two attached hydrogens (primary N) is 1. The van der Waals surface area contributed by atoms with Crippen molar-refractivity contribution in [1.82, 2.24) is 21.3 Å². The van der Waals surface area contributed by atoms with E-state index in [0.29, 0.717) is 13.0 Å². The largest absolute Gasteiger partial charge is 0.481 e. The third kappa shape index (κ3) is 8.96. The van der Waals surface area contributed by atoms with Crippen LogP contribution in [0.2, 0.25) is 0 Å². The van der Waals surface area contributed by atoms with E-state index in [4.69, 9.17) is 15.9 Å². The van der Waals surface area contributed by atoms with Crippen molar-refractivity contribution in [2.24, 2.45) is 5.73 Å². The lowest BCUT2D eigenvalue weighted by Gasteiger charge is -2.23. The molecular formula is C17H27N5O9. The molecule has 1 aliphatic heterocycles. The van der Waals surface area contributed by atoms with E-state index in [9.17, 15) is 33.9 Å². The number of carbonyl (C=O) groups excluding carboxylic acids is 4. The highest BCUT2D eigenvalue weighted by atomic mass is 16.4. The van der Waals surface area contributed by atoms with Crippen LogP contribution in [0.15, 0.2) is 0 Å². The maximum atomic E-state index is 12.5. The fraction of sp³-hybridized carbons (Fsp3) is 0.647. The summed E-state index contributed by atoms with van der Waals surface area (Å²) in [7, 11) is 0. The van der Waals surface area contributed by atoms with Crippen LogP contribution >= 0.6 is 0 Å². The molecule has 1 heterocycles. The van der Waals surface area contributed by atoms with Crippen LogP contribution in [0.25, 0.3) is 0 Å². The van der Waals surface area contributed by atoms with Crippen LogP contribution in [0.1, 0.15) is 32.1 Å². The first-order valence-electron chi connectivity index (χ1n) is 9.53. The molecule has 0 saturated carbocycles. The lowest BCUT2D eigenvalue weighted by atomic mass is 10.1. The van der Waals surface area contributed by atoms with E-state index >= 15 is 0 Å². The fourth-order valence-electron chi connectivity index (χ4n) is 2.86. The molecule has 14 heteroatoms. The monoisotopic (exact) mass is 445 g/mol. The highest BCUT2D eigenvalue weighted by molar-refractivity contribution is 5.96. The maximum Gasteiger partial charge on any atom is 0.326 e. The van der Waals surface area contributed by atoms with Crippen molar-refractivity contribution < 1.29 is 44.1 Å². The second-order valence-electron chi connectivity index (χ2n) is 6.96. The second kappa shape index (κ2) is 12.4. The molecule has 0 aliphatic carbocycles. The minimum Gasteiger partial charge on any atom is -0.481 e. The zero-order valence-electron chi connectivity index (χ0n) is 16.6. The molecule has 0 spiro atoms. The number of aliphatic hydroxyl groups excluding tert-OH is 1. The zero-order chi connectivity index (χ0) is 23.6. The van der Waals surface area contributed by atoms with E-state index in [1.807, 2.05) is 5.32 Å². The Morgan fingerprint density at radius 3 is 2.06 bits per heavy atom. The summed E-state index contributed by atoms with van der Waals surface area (Å²) in [5, 5.41) is 36.6. The van der Waals surface area contributed by atoms with E-state index in [1.165, 1.54) is 0 Å². The van der Waals surface area contributed by atoms with Crippen molar-refractivity contribution >= 4 is 35.6 Å². The van der Waals surface area contributed by atoms with Gasteiger partial charge in [0, 0.05) is 6.42 Å². The van der Waals surface area contributed by atoms with Crippen molar-refractivity contribution in [3.05, 3.63) is 0 Å². The minimum absolute atomic E-state index is 0.419. The molecule has 4 atom stereocenters. The van der Waals surface area contributed by atoms with Gasteiger partial charge in [0.1, 0.15) is 18.1 Å². The average molecular weight is 445 g/mol. The summed E-state index contributed by atoms with van der Waals surface area (Å²) < 4.78 is 0. The van der Waals surface area contributed by atoms with E-state index < -0.39 is 85.6 Å². The Morgan fingerprint density at radius 2 is 1.58 bits per heavy atom. The molecule has 0 aromatic carbocycles. The van der Waals surface area contributed by atoms with Crippen LogP contribution in [-0.4, -0.2) is 88.2 Å². The summed E-state index contributed by atoms with van der Waals surface area (Å²) >= 11 is 0. The maximum absolute atomic E-state index is 12.5. The lowest BCUT2D eigenvalue weighted by Crippen LogP contribution is -2.58. The Labute approximate surface area is 176 Å². The van der Waals surface area contributed by atoms with Gasteiger partial charge in [-0.05, 0) is 25.8 Å². The number of carboxylic acids is 2. The third-order valence-corrected chi connectivity index (χ3v) is 4.49. The molecule has 4 unspecified atom stereocenters. The zero-order valence-corrected chi connectivity index (χ0v) is 16.6. The quantitative estimate of drug-likeness (QED) is 0.137. The number of aliphatic hydroxyl groups is 1. The van der Waals surface area contributed by atoms with E-state index in [-0.39, 0.29) is 0 Å². The molecule has 1 saturated heterocycles. The Balaban J connectivity index is 2.78. The van der Waals surface area contributed by atoms with Crippen molar-refractivity contribution in [3.8, 4) is 0 Å². The molecule has 0 aromatic heterocycles. The highest BCUT2D eigenvalue weighted by Gasteiger charge is 2.32. The standard InChI is InChI=1S/C17H27N5O9/c18-12(24)6-10(21-14(27)8-2-1-5-19-8)15(28)22-11(7-23)16(29)20-9(17(30)31)3-4-13(25)26/h8-11,19,23H,1-7H2,(H2,18,24)(H,20,29)(H,21,27)(H,22,28)(H,25,26)(H,30,31). The number of amides is 4. The summed E-state index contributed by atoms with van der Waals surface area (Å²) in [6.45, 7) is -0.311. The molecule has 1 aliphatic rings. The van der Waals surface area contributed by atoms with Crippen LogP contribution in [0.5, 0.6) is 0 Å². The van der Waals surface area contributed by atoms with Gasteiger partial charge in [-0.25, -0.2) is 4.79 Å². The molecule has 0 bridgehead atoms. The Kier molecular flexibility index (Phi) is 10.3. The molecule has 31 heavy (non-hydrogen) atoms. The van der Waals surface area contributed by atoms with Crippen LogP contribution in [0.3, 0.4) is 0 Å². The number of hydrogen-bond donors (Lipinski definition) is 8. The SMILES string of the molecule is NC(=O)CC(NC(=O)C1CCCN1)C(=O)NC(CO)C(=O)NC(CCC(=O)O)C(=O)O. The van der Waals surface area contributed by atoms with Crippen LogP contribution in [-0.2, 0) is 28.8 Å². The molecule has 0 radical (unpaired) electrons. The van der Waals surface area contributed by atoms with Gasteiger partial charge >= 0.3 is 11.9 Å². The number of hydrogen-bond acceptors (Lipinski definition) is 8. The van der Waals surface area contributed by atoms with E-state index in [2.05, 4.69) is 16.0 Å². The number of rotatable bonds is 13. The first-order chi connectivity index (χ1) is 14.5. The second-order valence-corrected chi connectivity index (χ2v) is 6.96. The Hall–Kier alpha value is -3.26. The van der Waals surface area contributed by atoms with Gasteiger partial charge in [0.2, 0.25) is 23.6 Å². The van der Waals surface area contributed by atoms with Crippen molar-refractivity contribution in [2.75, 3.05) is 13.2 Å². The summed E-state index contributed by atoms with van der Waals surface area (Å²) in [6.07, 6.45) is -0.234. The summed E-state index contributed by atoms with van der Waals surface area (Å²) in [5.74, 6) is -6.28. The highest BCUT2D eigenvalue weighted by Crippen LogP contribution is 2.06. The molecule has 14 nitrogen and oxygen atoms in total. The predicted octanol–water partition coefficient (Wildman–Crippen LogP) is -3.99. The first-order valence-corrected chi connectivity index (χ1v) is 9.53. The van der Waals surface area contributed by atoms with E-state index in [0.717, 1.165) is 6.42 Å². The van der Waals surface area contributed by atoms with E-state index in [1.54, 1.807) is 0 Å². The number of aliphatic carboxylic acids is 2. The molecular weight excluding hydrogens is 418 g/mol. The van der Waals surface area contributed by atoms with Gasteiger partial charge in [-0.1, -0.05) is 0 Å². The molecule has 4 amide bonds. The van der Waals surface area contributed by atoms with Crippen LogP contribution < -0.4 is 27.0 Å². The number of primary amides is 1. The predicted molar refractivity (Wildman–Crippen MR) is 102 cm³/mol. The first kappa shape index (κ1) is 25.8. The van der Waals surface area contributed by atoms with Gasteiger partial charge in [0.05, 0.1) is 19.1 Å². The van der Waals surface area contributed by atoms with Gasteiger partial charge in [0.25, 0.3) is 0 Å². The van der Waals surface area contributed by atoms with Gasteiger partial charge in [0.15, 0.2) is 0 Å². The Bertz CT molecular complexity index is 708. The molecule has 9 N–H and O–H groups in total. The van der Waals surface area contributed by atoms with Gasteiger partial charge < -0.3 is 42.3 Å². The number of carbonyl (C=O) groups is 6. The van der Waals surface area contributed by atoms with Gasteiger partial charge in [-0.15, -0.1) is 0 Å². The van der Waals surface area contributed by atoms with Crippen LogP contribution in [0, 0.1) is 0 Å². The van der Waals surface area contributed by atoms with Gasteiger partial charge in [-0.3, -0.25) is 24.0 Å². The minimum atomic E-state index is -1.61. The smallest absolute Gasteiger partial charge is 0.326 e. The number of nitrogens with one attached hydrogen (secondary N) is 4. The number of carboxylic acid groups (broad SMARTS) is 2. The fourth-order valence-corrected chi connectivity index (χ4v) is 2.86. The van der Waals surface area contributed by atoms with Crippen molar-refractivity contribution in [3.63, 3.8) is 0 Å². The Morgan fingerprint density at radius 1 is 0.968 bits per heavy atom. The molecule has 0 aromatic rings. The summed E-state index contributed by atoms with van der Waals surface area (Å²) in [4.78, 5) is 70.1. The normalized spacial score (nSPS) is 18.3. The summed E-state index contributed by atoms with van der Waals surface area (Å²) in [6, 6.07) is -5.15. The van der Waals surface area contributed by atoms with Gasteiger partial charge in [-0.2, -0.15) is 0 Å².